The van der Waals surface area contributed by atoms with Crippen LogP contribution in [0.4, 0.5) is 0 Å². The molecule has 1 atom stereocenters. The third-order valence-corrected chi connectivity index (χ3v) is 3.97. The van der Waals surface area contributed by atoms with E-state index in [9.17, 15) is 0 Å². The van der Waals surface area contributed by atoms with Gasteiger partial charge >= 0.3 is 0 Å². The molecule has 0 radical (unpaired) electrons. The van der Waals surface area contributed by atoms with Crippen molar-refractivity contribution >= 4 is 0 Å². The van der Waals surface area contributed by atoms with E-state index < -0.39 is 0 Å². The molecule has 2 N–H and O–H groups in total. The third-order valence-electron chi connectivity index (χ3n) is 3.97. The van der Waals surface area contributed by atoms with E-state index in [-0.39, 0.29) is 0 Å². The Balaban J connectivity index is 1.80. The molecule has 0 heterocycles. The van der Waals surface area contributed by atoms with Crippen molar-refractivity contribution in [1.82, 2.24) is 4.90 Å². The minimum absolute atomic E-state index is 0.698. The average molecular weight is 210 g/mol. The van der Waals surface area contributed by atoms with Crippen LogP contribution < -0.4 is 5.73 Å². The number of hydrogen-bond donors (Lipinski definition) is 1. The van der Waals surface area contributed by atoms with Crippen LogP contribution in [-0.2, 0) is 0 Å². The molecule has 2 rings (SSSR count). The van der Waals surface area contributed by atoms with Crippen LogP contribution in [0.2, 0.25) is 0 Å². The van der Waals surface area contributed by atoms with Crippen molar-refractivity contribution in [2.45, 2.75) is 45.6 Å². The summed E-state index contributed by atoms with van der Waals surface area (Å²) >= 11 is 0. The number of nitrogens with two attached hydrogens (primary N) is 1. The first-order chi connectivity index (χ1) is 7.20. The standard InChI is InChI=1S/C13H26N2/c1-10(2)12(7-14)9-15(13-5-6-13)8-11-3-4-11/h10-13H,3-9,14H2,1-2H3. The summed E-state index contributed by atoms with van der Waals surface area (Å²) in [6.45, 7) is 8.06. The lowest BCUT2D eigenvalue weighted by atomic mass is 9.95. The summed E-state index contributed by atoms with van der Waals surface area (Å²) in [5.74, 6) is 2.45. The maximum absolute atomic E-state index is 5.86. The molecule has 0 aromatic carbocycles. The van der Waals surface area contributed by atoms with Crippen LogP contribution in [0.5, 0.6) is 0 Å². The predicted molar refractivity (Wildman–Crippen MR) is 64.7 cm³/mol. The van der Waals surface area contributed by atoms with E-state index >= 15 is 0 Å². The topological polar surface area (TPSA) is 29.3 Å². The molecular weight excluding hydrogens is 184 g/mol. The molecule has 0 saturated heterocycles. The maximum Gasteiger partial charge on any atom is 0.00966 e. The Hall–Kier alpha value is -0.0800. The van der Waals surface area contributed by atoms with Crippen LogP contribution in [0, 0.1) is 17.8 Å². The summed E-state index contributed by atoms with van der Waals surface area (Å²) in [4.78, 5) is 2.73. The summed E-state index contributed by atoms with van der Waals surface area (Å²) in [6, 6.07) is 0.915. The normalized spacial score (nSPS) is 23.8. The van der Waals surface area contributed by atoms with Gasteiger partial charge in [-0.1, -0.05) is 13.8 Å². The molecule has 15 heavy (non-hydrogen) atoms. The van der Waals surface area contributed by atoms with Gasteiger partial charge in [-0.2, -0.15) is 0 Å². The van der Waals surface area contributed by atoms with Crippen LogP contribution in [-0.4, -0.2) is 30.6 Å². The second kappa shape index (κ2) is 4.84. The molecule has 2 saturated carbocycles. The smallest absolute Gasteiger partial charge is 0.00966 e. The van der Waals surface area contributed by atoms with Crippen molar-refractivity contribution in [1.29, 1.82) is 0 Å². The van der Waals surface area contributed by atoms with Crippen molar-refractivity contribution in [3.63, 3.8) is 0 Å². The largest absolute Gasteiger partial charge is 0.330 e. The highest BCUT2D eigenvalue weighted by atomic mass is 15.2. The highest BCUT2D eigenvalue weighted by molar-refractivity contribution is 4.89. The van der Waals surface area contributed by atoms with Crippen molar-refractivity contribution < 1.29 is 0 Å². The van der Waals surface area contributed by atoms with Gasteiger partial charge in [-0.15, -0.1) is 0 Å². The molecule has 2 fully saturated rings. The van der Waals surface area contributed by atoms with Crippen LogP contribution in [0.3, 0.4) is 0 Å². The van der Waals surface area contributed by atoms with Gasteiger partial charge in [-0.3, -0.25) is 4.90 Å². The molecule has 0 amide bonds. The number of hydrogen-bond acceptors (Lipinski definition) is 2. The second-order valence-corrected chi connectivity index (χ2v) is 5.87. The second-order valence-electron chi connectivity index (χ2n) is 5.87. The lowest BCUT2D eigenvalue weighted by molar-refractivity contribution is 0.189. The molecule has 2 nitrogen and oxygen atoms in total. The molecule has 0 spiro atoms. The first-order valence-electron chi connectivity index (χ1n) is 6.64. The van der Waals surface area contributed by atoms with Gasteiger partial charge in [0, 0.05) is 19.1 Å². The Labute approximate surface area is 94.2 Å². The Kier molecular flexibility index (Phi) is 3.68. The monoisotopic (exact) mass is 210 g/mol. The molecule has 0 bridgehead atoms. The van der Waals surface area contributed by atoms with Gasteiger partial charge in [-0.05, 0) is 50.0 Å². The molecule has 88 valence electrons. The predicted octanol–water partition coefficient (Wildman–Crippen LogP) is 2.09. The Morgan fingerprint density at radius 3 is 2.27 bits per heavy atom. The van der Waals surface area contributed by atoms with E-state index in [0.717, 1.165) is 24.4 Å². The quantitative estimate of drug-likeness (QED) is 0.697. The summed E-state index contributed by atoms with van der Waals surface area (Å²) in [5.41, 5.74) is 5.86. The molecule has 0 aromatic rings. The summed E-state index contributed by atoms with van der Waals surface area (Å²) < 4.78 is 0. The summed E-state index contributed by atoms with van der Waals surface area (Å²) in [7, 11) is 0. The molecular formula is C13H26N2. The molecule has 2 heteroatoms. The third kappa shape index (κ3) is 3.46. The van der Waals surface area contributed by atoms with E-state index in [2.05, 4.69) is 18.7 Å². The van der Waals surface area contributed by atoms with Crippen molar-refractivity contribution in [3.05, 3.63) is 0 Å². The van der Waals surface area contributed by atoms with E-state index in [1.54, 1.807) is 0 Å². The minimum atomic E-state index is 0.698. The minimum Gasteiger partial charge on any atom is -0.330 e. The summed E-state index contributed by atoms with van der Waals surface area (Å²) in [5, 5.41) is 0. The van der Waals surface area contributed by atoms with Gasteiger partial charge in [0.15, 0.2) is 0 Å². The molecule has 0 aromatic heterocycles. The zero-order chi connectivity index (χ0) is 10.8. The molecule has 2 aliphatic carbocycles. The van der Waals surface area contributed by atoms with Gasteiger partial charge in [-0.25, -0.2) is 0 Å². The van der Waals surface area contributed by atoms with Crippen LogP contribution in [0.1, 0.15) is 39.5 Å². The molecule has 0 aliphatic heterocycles. The van der Waals surface area contributed by atoms with Crippen LogP contribution >= 0.6 is 0 Å². The number of rotatable bonds is 7. The highest BCUT2D eigenvalue weighted by Gasteiger charge is 2.34. The van der Waals surface area contributed by atoms with Crippen LogP contribution in [0.25, 0.3) is 0 Å². The Morgan fingerprint density at radius 1 is 1.20 bits per heavy atom. The molecule has 2 aliphatic rings. The van der Waals surface area contributed by atoms with Gasteiger partial charge < -0.3 is 5.73 Å². The van der Waals surface area contributed by atoms with Crippen molar-refractivity contribution in [2.75, 3.05) is 19.6 Å². The Morgan fingerprint density at radius 2 is 1.87 bits per heavy atom. The average Bonchev–Trinajstić information content (AvgIpc) is 3.00. The first kappa shape index (κ1) is 11.4. The zero-order valence-electron chi connectivity index (χ0n) is 10.3. The van der Waals surface area contributed by atoms with Gasteiger partial charge in [0.25, 0.3) is 0 Å². The van der Waals surface area contributed by atoms with Crippen LogP contribution in [0.15, 0.2) is 0 Å². The fraction of sp³-hybridized carbons (Fsp3) is 1.00. The fourth-order valence-electron chi connectivity index (χ4n) is 2.30. The summed E-state index contributed by atoms with van der Waals surface area (Å²) in [6.07, 6.45) is 5.81. The maximum atomic E-state index is 5.86. The van der Waals surface area contributed by atoms with E-state index in [1.165, 1.54) is 38.8 Å². The zero-order valence-corrected chi connectivity index (χ0v) is 10.3. The lowest BCUT2D eigenvalue weighted by Gasteiger charge is -2.29. The first-order valence-corrected chi connectivity index (χ1v) is 6.64. The number of nitrogens with zero attached hydrogens (tertiary/aromatic N) is 1. The van der Waals surface area contributed by atoms with Gasteiger partial charge in [0.1, 0.15) is 0 Å². The SMILES string of the molecule is CC(C)C(CN)CN(CC1CC1)C1CC1. The Bertz CT molecular complexity index is 195. The van der Waals surface area contributed by atoms with Crippen molar-refractivity contribution in [2.24, 2.45) is 23.5 Å². The van der Waals surface area contributed by atoms with E-state index in [1.807, 2.05) is 0 Å². The van der Waals surface area contributed by atoms with Crippen molar-refractivity contribution in [3.8, 4) is 0 Å². The molecule has 1 unspecified atom stereocenters. The highest BCUT2D eigenvalue weighted by Crippen LogP contribution is 2.35. The van der Waals surface area contributed by atoms with E-state index in [4.69, 9.17) is 5.73 Å². The lowest BCUT2D eigenvalue weighted by Crippen LogP contribution is -2.38. The van der Waals surface area contributed by atoms with E-state index in [0.29, 0.717) is 5.92 Å². The fourth-order valence-corrected chi connectivity index (χ4v) is 2.30. The van der Waals surface area contributed by atoms with Gasteiger partial charge in [0.05, 0.1) is 0 Å². The van der Waals surface area contributed by atoms with Gasteiger partial charge in [0.2, 0.25) is 0 Å².